The lowest BCUT2D eigenvalue weighted by Gasteiger charge is -2.36. The van der Waals surface area contributed by atoms with Crippen molar-refractivity contribution >= 4 is 23.5 Å². The van der Waals surface area contributed by atoms with Gasteiger partial charge in [0.05, 0.1) is 13.2 Å². The van der Waals surface area contributed by atoms with Crippen LogP contribution in [0.25, 0.3) is 0 Å². The fourth-order valence-electron chi connectivity index (χ4n) is 3.28. The second kappa shape index (κ2) is 11.3. The van der Waals surface area contributed by atoms with Crippen LogP contribution in [0.4, 0.5) is 32.0 Å². The summed E-state index contributed by atoms with van der Waals surface area (Å²) in [6.07, 6.45) is -11.2. The number of carbonyl (C=O) groups excluding carboxylic acids is 3. The zero-order chi connectivity index (χ0) is 28.9. The van der Waals surface area contributed by atoms with Crippen molar-refractivity contribution in [3.05, 3.63) is 65.2 Å². The Morgan fingerprint density at radius 1 is 0.842 bits per heavy atom. The molecule has 0 aromatic heterocycles. The average molecular weight is 550 g/mol. The number of aliphatic hydroxyl groups is 1. The standard InChI is InChI=1S/C24H24F6N2O6/c1-4-37-19(34)21(36,23(25,26)27)16-12-11-14(3)17(13-16)31-22(24(28,29)30,20(35)38-5-2)32-18(33)15-9-7-6-8-10-15/h6-13,31,36H,4-5H2,1-3H3,(H,32,33)/t21-,22+/m0/s1. The Morgan fingerprint density at radius 2 is 1.39 bits per heavy atom. The molecular weight excluding hydrogens is 526 g/mol. The zero-order valence-electron chi connectivity index (χ0n) is 20.3. The molecular formula is C24H24F6N2O6. The second-order valence-corrected chi connectivity index (χ2v) is 7.87. The van der Waals surface area contributed by atoms with Crippen LogP contribution in [-0.4, -0.2) is 54.2 Å². The van der Waals surface area contributed by atoms with Gasteiger partial charge in [-0.05, 0) is 44.5 Å². The number of rotatable bonds is 9. The smallest absolute Gasteiger partial charge is 0.441 e. The van der Waals surface area contributed by atoms with E-state index < -0.39 is 65.9 Å². The van der Waals surface area contributed by atoms with Crippen LogP contribution >= 0.6 is 0 Å². The van der Waals surface area contributed by atoms with Crippen LogP contribution < -0.4 is 10.6 Å². The molecule has 208 valence electrons. The molecule has 0 radical (unpaired) electrons. The maximum Gasteiger partial charge on any atom is 0.441 e. The highest BCUT2D eigenvalue weighted by atomic mass is 19.4. The van der Waals surface area contributed by atoms with Gasteiger partial charge >= 0.3 is 30.0 Å². The fraction of sp³-hybridized carbons (Fsp3) is 0.375. The number of anilines is 1. The lowest BCUT2D eigenvalue weighted by molar-refractivity contribution is -0.267. The number of carbonyl (C=O) groups is 3. The Morgan fingerprint density at radius 3 is 1.89 bits per heavy atom. The SMILES string of the molecule is CCOC(=O)[C@](NC(=O)c1ccccc1)(Nc1cc([C@](O)(C(=O)OCC)C(F)(F)F)ccc1C)C(F)(F)F. The molecule has 0 fully saturated rings. The molecule has 1 amide bonds. The number of aryl methyl sites for hydroxylation is 1. The number of hydrogen-bond acceptors (Lipinski definition) is 7. The summed E-state index contributed by atoms with van der Waals surface area (Å²) in [6, 6.07) is 8.44. The third-order valence-electron chi connectivity index (χ3n) is 5.30. The highest BCUT2D eigenvalue weighted by Gasteiger charge is 2.65. The maximum atomic E-state index is 14.5. The minimum absolute atomic E-state index is 0.144. The third-order valence-corrected chi connectivity index (χ3v) is 5.30. The average Bonchev–Trinajstić information content (AvgIpc) is 2.83. The molecule has 14 heteroatoms. The van der Waals surface area contributed by atoms with Gasteiger partial charge in [0.1, 0.15) is 0 Å². The first-order chi connectivity index (χ1) is 17.5. The summed E-state index contributed by atoms with van der Waals surface area (Å²) in [4.78, 5) is 37.5. The van der Waals surface area contributed by atoms with Crippen molar-refractivity contribution < 1.29 is 55.3 Å². The Kier molecular flexibility index (Phi) is 9.04. The van der Waals surface area contributed by atoms with Gasteiger partial charge in [-0.2, -0.15) is 26.3 Å². The van der Waals surface area contributed by atoms with Gasteiger partial charge < -0.3 is 25.2 Å². The normalized spacial score (nSPS) is 15.0. The van der Waals surface area contributed by atoms with Crippen molar-refractivity contribution in [1.82, 2.24) is 5.32 Å². The van der Waals surface area contributed by atoms with E-state index in [4.69, 9.17) is 0 Å². The van der Waals surface area contributed by atoms with Crippen molar-refractivity contribution in [2.75, 3.05) is 18.5 Å². The molecule has 0 aliphatic carbocycles. The summed E-state index contributed by atoms with van der Waals surface area (Å²) >= 11 is 0. The molecule has 2 rings (SSSR count). The molecule has 3 N–H and O–H groups in total. The lowest BCUT2D eigenvalue weighted by Crippen LogP contribution is -2.69. The quantitative estimate of drug-likeness (QED) is 0.246. The number of amides is 1. The molecule has 0 spiro atoms. The molecule has 8 nitrogen and oxygen atoms in total. The van der Waals surface area contributed by atoms with Gasteiger partial charge in [-0.1, -0.05) is 30.3 Å². The van der Waals surface area contributed by atoms with Gasteiger partial charge in [0.25, 0.3) is 11.5 Å². The summed E-state index contributed by atoms with van der Waals surface area (Å²) in [5.41, 5.74) is -10.6. The minimum atomic E-state index is -5.64. The van der Waals surface area contributed by atoms with E-state index in [2.05, 4.69) is 9.47 Å². The predicted octanol–water partition coefficient (Wildman–Crippen LogP) is 3.97. The number of alkyl halides is 6. The first-order valence-corrected chi connectivity index (χ1v) is 11.0. The number of esters is 2. The highest BCUT2D eigenvalue weighted by Crippen LogP contribution is 2.42. The Balaban J connectivity index is 2.73. The molecule has 2 atom stereocenters. The second-order valence-electron chi connectivity index (χ2n) is 7.87. The number of hydrogen-bond donors (Lipinski definition) is 3. The van der Waals surface area contributed by atoms with Gasteiger partial charge in [-0.3, -0.25) is 4.79 Å². The highest BCUT2D eigenvalue weighted by molar-refractivity contribution is 5.99. The number of nitrogens with one attached hydrogen (secondary N) is 2. The van der Waals surface area contributed by atoms with Crippen molar-refractivity contribution in [2.24, 2.45) is 0 Å². The van der Waals surface area contributed by atoms with E-state index in [0.717, 1.165) is 18.2 Å². The predicted molar refractivity (Wildman–Crippen MR) is 121 cm³/mol. The van der Waals surface area contributed by atoms with E-state index >= 15 is 0 Å². The van der Waals surface area contributed by atoms with E-state index in [1.165, 1.54) is 39.0 Å². The molecule has 0 unspecified atom stereocenters. The Hall–Kier alpha value is -3.81. The van der Waals surface area contributed by atoms with E-state index in [1.807, 2.05) is 0 Å². The van der Waals surface area contributed by atoms with Gasteiger partial charge in [0.2, 0.25) is 0 Å². The summed E-state index contributed by atoms with van der Waals surface area (Å²) in [6.45, 7) is 2.47. The van der Waals surface area contributed by atoms with Crippen LogP contribution in [-0.2, 0) is 24.7 Å². The van der Waals surface area contributed by atoms with Crippen LogP contribution in [0.5, 0.6) is 0 Å². The monoisotopic (exact) mass is 550 g/mol. The van der Waals surface area contributed by atoms with Crippen molar-refractivity contribution in [3.63, 3.8) is 0 Å². The molecule has 0 saturated heterocycles. The van der Waals surface area contributed by atoms with Crippen molar-refractivity contribution in [3.8, 4) is 0 Å². The van der Waals surface area contributed by atoms with Gasteiger partial charge in [-0.15, -0.1) is 0 Å². The Bertz CT molecular complexity index is 1170. The topological polar surface area (TPSA) is 114 Å². The van der Waals surface area contributed by atoms with E-state index in [0.29, 0.717) is 12.1 Å². The van der Waals surface area contributed by atoms with E-state index in [-0.39, 0.29) is 11.1 Å². The molecule has 0 heterocycles. The van der Waals surface area contributed by atoms with Gasteiger partial charge in [0, 0.05) is 16.8 Å². The van der Waals surface area contributed by atoms with Crippen LogP contribution in [0.1, 0.15) is 35.3 Å². The summed E-state index contributed by atoms with van der Waals surface area (Å²) in [7, 11) is 0. The molecule has 0 aliphatic heterocycles. The largest absolute Gasteiger partial charge is 0.463 e. The molecule has 2 aromatic carbocycles. The number of halogens is 6. The molecule has 0 saturated carbocycles. The molecule has 0 aliphatic rings. The summed E-state index contributed by atoms with van der Waals surface area (Å²) < 4.78 is 93.9. The van der Waals surface area contributed by atoms with Crippen molar-refractivity contribution in [2.45, 2.75) is 44.4 Å². The molecule has 0 bridgehead atoms. The lowest BCUT2D eigenvalue weighted by atomic mass is 9.91. The third kappa shape index (κ3) is 5.85. The Labute approximate surface area is 212 Å². The van der Waals surface area contributed by atoms with Crippen LogP contribution in [0.15, 0.2) is 48.5 Å². The molecule has 2 aromatic rings. The first kappa shape index (κ1) is 30.4. The van der Waals surface area contributed by atoms with Crippen LogP contribution in [0.2, 0.25) is 0 Å². The van der Waals surface area contributed by atoms with E-state index in [1.54, 1.807) is 10.6 Å². The number of benzene rings is 2. The summed E-state index contributed by atoms with van der Waals surface area (Å²) in [5, 5.41) is 13.7. The van der Waals surface area contributed by atoms with Gasteiger partial charge in [0.15, 0.2) is 0 Å². The first-order valence-electron chi connectivity index (χ1n) is 11.0. The van der Waals surface area contributed by atoms with Gasteiger partial charge in [-0.25, -0.2) is 9.59 Å². The minimum Gasteiger partial charge on any atom is -0.463 e. The molecule has 38 heavy (non-hydrogen) atoms. The maximum absolute atomic E-state index is 14.5. The number of ether oxygens (including phenoxy) is 2. The summed E-state index contributed by atoms with van der Waals surface area (Å²) in [5.74, 6) is -5.50. The zero-order valence-corrected chi connectivity index (χ0v) is 20.3. The van der Waals surface area contributed by atoms with Crippen LogP contribution in [0, 0.1) is 6.92 Å². The van der Waals surface area contributed by atoms with Crippen molar-refractivity contribution in [1.29, 1.82) is 0 Å². The van der Waals surface area contributed by atoms with E-state index in [9.17, 15) is 45.8 Å². The fourth-order valence-corrected chi connectivity index (χ4v) is 3.28. The van der Waals surface area contributed by atoms with Crippen LogP contribution in [0.3, 0.4) is 0 Å².